The molecule has 0 saturated heterocycles. The van der Waals surface area contributed by atoms with Crippen LogP contribution in [0.5, 0.6) is 0 Å². The number of hydrogen-bond acceptors (Lipinski definition) is 8. The molecule has 0 aliphatic heterocycles. The van der Waals surface area contributed by atoms with Crippen LogP contribution in [-0.4, -0.2) is 92.4 Å². The molecule has 0 spiro atoms. The average Bonchev–Trinajstić information content (AvgIpc) is 2.45. The Morgan fingerprint density at radius 3 is 1.28 bits per heavy atom. The van der Waals surface area contributed by atoms with Gasteiger partial charge in [-0.05, 0) is 0 Å². The molecule has 0 saturated carbocycles. The van der Waals surface area contributed by atoms with E-state index in [4.69, 9.17) is 17.5 Å². The van der Waals surface area contributed by atoms with E-state index in [0.29, 0.717) is 13.2 Å². The van der Waals surface area contributed by atoms with Gasteiger partial charge in [0.1, 0.15) is 28.2 Å². The van der Waals surface area contributed by atoms with Crippen molar-refractivity contribution < 1.29 is 45.7 Å². The Bertz CT molecular complexity index is 540. The molecule has 10 nitrogen and oxygen atoms in total. The van der Waals surface area contributed by atoms with Gasteiger partial charge in [0.2, 0.25) is 0 Å². The zero-order chi connectivity index (χ0) is 20.5. The Labute approximate surface area is 148 Å². The summed E-state index contributed by atoms with van der Waals surface area (Å²) in [5.41, 5.74) is 0. The summed E-state index contributed by atoms with van der Waals surface area (Å²) in [6, 6.07) is 0. The maximum atomic E-state index is 10.4. The van der Waals surface area contributed by atoms with Crippen LogP contribution in [-0.2, 0) is 29.5 Å². The maximum Gasteiger partial charge on any atom is 0.330 e. The Balaban J connectivity index is -0.000000308. The van der Waals surface area contributed by atoms with Crippen LogP contribution in [0.3, 0.4) is 0 Å². The second-order valence-electron chi connectivity index (χ2n) is 4.37. The first kappa shape index (κ1) is 27.5. The molecule has 11 heteroatoms. The molecule has 0 aromatic heterocycles. The van der Waals surface area contributed by atoms with Crippen LogP contribution in [0.25, 0.3) is 0 Å². The van der Waals surface area contributed by atoms with Crippen LogP contribution in [0, 0.1) is 0 Å². The predicted octanol–water partition coefficient (Wildman–Crippen LogP) is -1.22. The van der Waals surface area contributed by atoms with E-state index >= 15 is 0 Å². The lowest BCUT2D eigenvalue weighted by atomic mass is 10.6. The van der Waals surface area contributed by atoms with Crippen LogP contribution in [0.4, 0.5) is 0 Å². The molecule has 0 aromatic rings. The standard InChI is InChI=1S/2C7H12NO2.H2O4S/c2*1-4-7(9)10-6-5-8(2)3;1-5(2,3)4/h2*4-5H,1,6H2,2-3H3;(H2,1,2,3,4)/q2*+1;/p-2. The Hall–Kier alpha value is -2.37. The quantitative estimate of drug-likeness (QED) is 0.139. The zero-order valence-electron chi connectivity index (χ0n) is 14.7. The SMILES string of the molecule is C=CC(=O)OCC=[N+](C)C.C=CC(=O)OCC=[N+](C)C.O=S(=O)([O-])[O-]. The fourth-order valence-corrected chi connectivity index (χ4v) is 0.655. The molecule has 0 aliphatic rings. The van der Waals surface area contributed by atoms with Gasteiger partial charge in [-0.2, -0.15) is 0 Å². The summed E-state index contributed by atoms with van der Waals surface area (Å²) in [7, 11) is 2.28. The van der Waals surface area contributed by atoms with Crippen molar-refractivity contribution in [1.82, 2.24) is 0 Å². The van der Waals surface area contributed by atoms with E-state index in [9.17, 15) is 9.59 Å². The van der Waals surface area contributed by atoms with E-state index in [-0.39, 0.29) is 0 Å². The van der Waals surface area contributed by atoms with Crippen molar-refractivity contribution in [2.75, 3.05) is 41.4 Å². The van der Waals surface area contributed by atoms with Gasteiger partial charge in [0.25, 0.3) is 0 Å². The van der Waals surface area contributed by atoms with Crippen LogP contribution in [0.1, 0.15) is 0 Å². The topological polar surface area (TPSA) is 139 Å². The lowest BCUT2D eigenvalue weighted by molar-refractivity contribution is -0.460. The molecule has 0 bridgehead atoms. The van der Waals surface area contributed by atoms with Crippen molar-refractivity contribution in [3.05, 3.63) is 25.3 Å². The first-order chi connectivity index (χ1) is 11.3. The molecule has 0 rings (SSSR count). The summed E-state index contributed by atoms with van der Waals surface area (Å²) in [4.78, 5) is 20.8. The van der Waals surface area contributed by atoms with Gasteiger partial charge in [-0.1, -0.05) is 13.2 Å². The van der Waals surface area contributed by atoms with Crippen molar-refractivity contribution in [1.29, 1.82) is 0 Å². The number of nitrogens with zero attached hydrogens (tertiary/aromatic N) is 2. The number of carbonyl (C=O) groups excluding carboxylic acids is 2. The Morgan fingerprint density at radius 2 is 1.12 bits per heavy atom. The molecule has 0 unspecified atom stereocenters. The average molecular weight is 380 g/mol. The van der Waals surface area contributed by atoms with Crippen LogP contribution < -0.4 is 0 Å². The van der Waals surface area contributed by atoms with Gasteiger partial charge in [-0.25, -0.2) is 18.7 Å². The van der Waals surface area contributed by atoms with Crippen molar-refractivity contribution in [3.63, 3.8) is 0 Å². The van der Waals surface area contributed by atoms with Crippen molar-refractivity contribution >= 4 is 34.8 Å². The molecular formula is C14H24N2O8S. The van der Waals surface area contributed by atoms with Gasteiger partial charge < -0.3 is 18.6 Å². The minimum absolute atomic E-state index is 0.303. The van der Waals surface area contributed by atoms with Gasteiger partial charge in [-0.3, -0.25) is 8.42 Å². The highest BCUT2D eigenvalue weighted by molar-refractivity contribution is 7.79. The molecule has 25 heavy (non-hydrogen) atoms. The van der Waals surface area contributed by atoms with E-state index < -0.39 is 22.3 Å². The number of hydrogen-bond donors (Lipinski definition) is 0. The zero-order valence-corrected chi connectivity index (χ0v) is 15.5. The predicted molar refractivity (Wildman–Crippen MR) is 89.1 cm³/mol. The monoisotopic (exact) mass is 380 g/mol. The molecule has 0 aliphatic carbocycles. The van der Waals surface area contributed by atoms with Crippen LogP contribution >= 0.6 is 0 Å². The molecule has 0 fully saturated rings. The summed E-state index contributed by atoms with van der Waals surface area (Å²) in [6.07, 6.45) is 5.79. The summed E-state index contributed by atoms with van der Waals surface area (Å²) in [6.45, 7) is 7.12. The summed E-state index contributed by atoms with van der Waals surface area (Å²) in [5.74, 6) is -0.781. The smallest absolute Gasteiger partial charge is 0.330 e. The summed E-state index contributed by atoms with van der Waals surface area (Å²) < 4.78 is 47.0. The number of ether oxygens (including phenoxy) is 2. The molecule has 0 amide bonds. The highest BCUT2D eigenvalue weighted by atomic mass is 32.3. The number of carbonyl (C=O) groups is 2. The minimum Gasteiger partial charge on any atom is -0.759 e. The molecule has 0 atom stereocenters. The fourth-order valence-electron chi connectivity index (χ4n) is 0.655. The Kier molecular flexibility index (Phi) is 18.1. The molecule has 144 valence electrons. The normalized spacial score (nSPS) is 8.88. The molecule has 0 heterocycles. The first-order valence-corrected chi connectivity index (χ1v) is 7.91. The summed E-state index contributed by atoms with van der Waals surface area (Å²) in [5, 5.41) is 0. The molecule has 0 N–H and O–H groups in total. The third-order valence-electron chi connectivity index (χ3n) is 1.66. The van der Waals surface area contributed by atoms with Crippen LogP contribution in [0.2, 0.25) is 0 Å². The van der Waals surface area contributed by atoms with Crippen LogP contribution in [0.15, 0.2) is 25.3 Å². The third kappa shape index (κ3) is 44.9. The highest BCUT2D eigenvalue weighted by Crippen LogP contribution is 1.75. The van der Waals surface area contributed by atoms with Crippen molar-refractivity contribution in [2.24, 2.45) is 0 Å². The van der Waals surface area contributed by atoms with Gasteiger partial charge in [0.05, 0.1) is 0 Å². The van der Waals surface area contributed by atoms with E-state index in [2.05, 4.69) is 22.6 Å². The van der Waals surface area contributed by atoms with E-state index in [1.54, 1.807) is 12.4 Å². The van der Waals surface area contributed by atoms with Gasteiger partial charge in [0.15, 0.2) is 25.6 Å². The fraction of sp³-hybridized carbons (Fsp3) is 0.429. The Morgan fingerprint density at radius 1 is 0.880 bits per heavy atom. The second-order valence-corrected chi connectivity index (χ2v) is 5.19. The van der Waals surface area contributed by atoms with Gasteiger partial charge >= 0.3 is 11.9 Å². The van der Waals surface area contributed by atoms with Crippen molar-refractivity contribution in [3.8, 4) is 0 Å². The van der Waals surface area contributed by atoms with E-state index in [0.717, 1.165) is 12.2 Å². The van der Waals surface area contributed by atoms with Gasteiger partial charge in [0, 0.05) is 22.6 Å². The molecule has 0 aromatic carbocycles. The third-order valence-corrected chi connectivity index (χ3v) is 1.66. The van der Waals surface area contributed by atoms with Gasteiger partial charge in [-0.15, -0.1) is 0 Å². The largest absolute Gasteiger partial charge is 0.759 e. The lowest BCUT2D eigenvalue weighted by Gasteiger charge is -2.06. The maximum absolute atomic E-state index is 10.4. The summed E-state index contributed by atoms with van der Waals surface area (Å²) >= 11 is 0. The second kappa shape index (κ2) is 16.5. The first-order valence-electron chi connectivity index (χ1n) is 6.58. The lowest BCUT2D eigenvalue weighted by Crippen LogP contribution is -2.08. The van der Waals surface area contributed by atoms with E-state index in [1.807, 2.05) is 37.3 Å². The number of esters is 2. The highest BCUT2D eigenvalue weighted by Gasteiger charge is 1.93. The molecule has 0 radical (unpaired) electrons. The molecular weight excluding hydrogens is 356 g/mol. The van der Waals surface area contributed by atoms with Crippen molar-refractivity contribution in [2.45, 2.75) is 0 Å². The number of rotatable bonds is 6. The minimum atomic E-state index is -5.17. The van der Waals surface area contributed by atoms with E-state index in [1.165, 1.54) is 0 Å².